The highest BCUT2D eigenvalue weighted by atomic mass is 32.1. The highest BCUT2D eigenvalue weighted by molar-refractivity contribution is 7.18. The minimum Gasteiger partial charge on any atom is -0.494 e. The number of benzene rings is 2. The van der Waals surface area contributed by atoms with Gasteiger partial charge in [-0.2, -0.15) is 0 Å². The molecule has 1 atom stereocenters. The van der Waals surface area contributed by atoms with Crippen LogP contribution in [-0.2, 0) is 4.79 Å². The van der Waals surface area contributed by atoms with Crippen molar-refractivity contribution in [3.8, 4) is 5.75 Å². The molecule has 150 valence electrons. The zero-order valence-corrected chi connectivity index (χ0v) is 16.6. The summed E-state index contributed by atoms with van der Waals surface area (Å²) in [4.78, 5) is 29.9. The maximum atomic E-state index is 12.6. The summed E-state index contributed by atoms with van der Waals surface area (Å²) < 4.78 is 6.34. The zero-order valence-electron chi connectivity index (χ0n) is 15.8. The summed E-state index contributed by atoms with van der Waals surface area (Å²) >= 11 is 1.67. The summed E-state index contributed by atoms with van der Waals surface area (Å²) in [5.74, 6) is 0.0712. The number of thiazole rings is 1. The molecule has 2 heterocycles. The molecule has 1 aliphatic heterocycles. The number of rotatable bonds is 6. The number of nitrogens with one attached hydrogen (secondary N) is 1. The van der Waals surface area contributed by atoms with Gasteiger partial charge in [0.25, 0.3) is 5.69 Å². The van der Waals surface area contributed by atoms with Crippen molar-refractivity contribution < 1.29 is 14.5 Å². The average molecular weight is 412 g/mol. The Labute approximate surface area is 171 Å². The maximum Gasteiger partial charge on any atom is 0.273 e. The predicted molar refractivity (Wildman–Crippen MR) is 111 cm³/mol. The first-order chi connectivity index (χ1) is 14.0. The Hall–Kier alpha value is -3.04. The third-order valence-electron chi connectivity index (χ3n) is 4.98. The van der Waals surface area contributed by atoms with E-state index in [0.717, 1.165) is 34.6 Å². The number of nitrogens with zero attached hydrogens (tertiary/aromatic N) is 3. The van der Waals surface area contributed by atoms with Gasteiger partial charge in [0.15, 0.2) is 0 Å². The summed E-state index contributed by atoms with van der Waals surface area (Å²) in [5, 5.41) is 14.8. The topological polar surface area (TPSA) is 97.6 Å². The van der Waals surface area contributed by atoms with Gasteiger partial charge < -0.3 is 10.1 Å². The van der Waals surface area contributed by atoms with E-state index < -0.39 is 4.92 Å². The van der Waals surface area contributed by atoms with Crippen LogP contribution in [0.3, 0.4) is 0 Å². The molecule has 0 bridgehead atoms. The number of hydrogen-bond acceptors (Lipinski definition) is 7. The van der Waals surface area contributed by atoms with Gasteiger partial charge in [-0.25, -0.2) is 4.98 Å². The number of anilines is 1. The van der Waals surface area contributed by atoms with Gasteiger partial charge in [0, 0.05) is 6.07 Å². The molecule has 4 rings (SSSR count). The molecule has 0 aliphatic carbocycles. The zero-order chi connectivity index (χ0) is 20.4. The molecule has 0 radical (unpaired) electrons. The largest absolute Gasteiger partial charge is 0.494 e. The summed E-state index contributed by atoms with van der Waals surface area (Å²) in [6.45, 7) is 1.05. The molecule has 2 aromatic carbocycles. The molecule has 0 saturated carbocycles. The van der Waals surface area contributed by atoms with E-state index in [1.54, 1.807) is 11.3 Å². The molecular formula is C20H20N4O4S. The van der Waals surface area contributed by atoms with Crippen molar-refractivity contribution in [2.45, 2.75) is 18.9 Å². The van der Waals surface area contributed by atoms with Crippen LogP contribution in [0.15, 0.2) is 42.5 Å². The maximum absolute atomic E-state index is 12.6. The number of fused-ring (bicyclic) bond motifs is 1. The van der Waals surface area contributed by atoms with Crippen LogP contribution in [0.25, 0.3) is 10.2 Å². The lowest BCUT2D eigenvalue weighted by Gasteiger charge is -2.22. The highest BCUT2D eigenvalue weighted by Crippen LogP contribution is 2.36. The second-order valence-corrected chi connectivity index (χ2v) is 7.90. The third-order valence-corrected chi connectivity index (χ3v) is 6.11. The Kier molecular flexibility index (Phi) is 5.41. The summed E-state index contributed by atoms with van der Waals surface area (Å²) in [6, 6.07) is 12.3. The SMILES string of the molecule is COc1cc([N+](=O)[O-])ccc1NC(=O)CN1CCC[C@@H]1c1nc2ccccc2s1. The van der Waals surface area contributed by atoms with E-state index in [1.165, 1.54) is 25.3 Å². The Balaban J connectivity index is 1.47. The van der Waals surface area contributed by atoms with Crippen molar-refractivity contribution in [1.29, 1.82) is 0 Å². The fraction of sp³-hybridized carbons (Fsp3) is 0.300. The van der Waals surface area contributed by atoms with Gasteiger partial charge in [0.05, 0.1) is 46.6 Å². The Morgan fingerprint density at radius 1 is 1.38 bits per heavy atom. The number of likely N-dealkylation sites (tertiary alicyclic amines) is 1. The number of nitro benzene ring substituents is 1. The molecule has 3 aromatic rings. The van der Waals surface area contributed by atoms with E-state index in [2.05, 4.69) is 16.3 Å². The minimum atomic E-state index is -0.499. The monoisotopic (exact) mass is 412 g/mol. The van der Waals surface area contributed by atoms with Gasteiger partial charge in [-0.3, -0.25) is 19.8 Å². The van der Waals surface area contributed by atoms with E-state index in [0.29, 0.717) is 5.69 Å². The van der Waals surface area contributed by atoms with E-state index in [-0.39, 0.29) is 29.9 Å². The Bertz CT molecular complexity index is 1030. The first-order valence-electron chi connectivity index (χ1n) is 9.27. The summed E-state index contributed by atoms with van der Waals surface area (Å²) in [5.41, 5.74) is 1.31. The Morgan fingerprint density at radius 3 is 2.97 bits per heavy atom. The van der Waals surface area contributed by atoms with Crippen LogP contribution in [0.5, 0.6) is 5.75 Å². The fourth-order valence-corrected chi connectivity index (χ4v) is 4.74. The van der Waals surface area contributed by atoms with Crippen LogP contribution in [0.2, 0.25) is 0 Å². The normalized spacial score (nSPS) is 16.8. The second kappa shape index (κ2) is 8.14. The molecule has 9 heteroatoms. The number of methoxy groups -OCH3 is 1. The van der Waals surface area contributed by atoms with Crippen molar-refractivity contribution in [2.24, 2.45) is 0 Å². The van der Waals surface area contributed by atoms with Crippen molar-refractivity contribution in [1.82, 2.24) is 9.88 Å². The lowest BCUT2D eigenvalue weighted by molar-refractivity contribution is -0.384. The molecule has 0 unspecified atom stereocenters. The average Bonchev–Trinajstić information content (AvgIpc) is 3.34. The second-order valence-electron chi connectivity index (χ2n) is 6.84. The number of carbonyl (C=O) groups excluding carboxylic acids is 1. The van der Waals surface area contributed by atoms with Crippen molar-refractivity contribution >= 4 is 38.8 Å². The first-order valence-corrected chi connectivity index (χ1v) is 10.1. The van der Waals surface area contributed by atoms with Gasteiger partial charge in [-0.1, -0.05) is 12.1 Å². The first kappa shape index (κ1) is 19.3. The van der Waals surface area contributed by atoms with E-state index in [9.17, 15) is 14.9 Å². The van der Waals surface area contributed by atoms with E-state index in [4.69, 9.17) is 9.72 Å². The quantitative estimate of drug-likeness (QED) is 0.486. The van der Waals surface area contributed by atoms with Crippen LogP contribution in [0.1, 0.15) is 23.9 Å². The minimum absolute atomic E-state index is 0.0877. The molecule has 1 aliphatic rings. The van der Waals surface area contributed by atoms with Crippen molar-refractivity contribution in [3.63, 3.8) is 0 Å². The van der Waals surface area contributed by atoms with Crippen LogP contribution < -0.4 is 10.1 Å². The smallest absolute Gasteiger partial charge is 0.273 e. The van der Waals surface area contributed by atoms with Crippen LogP contribution in [0.4, 0.5) is 11.4 Å². The molecule has 0 spiro atoms. The number of para-hydroxylation sites is 1. The fourth-order valence-electron chi connectivity index (χ4n) is 3.60. The predicted octanol–water partition coefficient (Wildman–Crippen LogP) is 3.99. The molecule has 1 fully saturated rings. The van der Waals surface area contributed by atoms with E-state index >= 15 is 0 Å². The van der Waals surface area contributed by atoms with Crippen LogP contribution in [0, 0.1) is 10.1 Å². The standard InChI is InChI=1S/C20H20N4O4S/c1-28-17-11-13(24(26)27)8-9-14(17)21-19(25)12-23-10-4-6-16(23)20-22-15-5-2-3-7-18(15)29-20/h2-3,5,7-9,11,16H,4,6,10,12H2,1H3,(H,21,25)/t16-/m1/s1. The number of carbonyl (C=O) groups is 1. The number of non-ortho nitro benzene ring substituents is 1. The summed E-state index contributed by atoms with van der Waals surface area (Å²) in [7, 11) is 1.42. The number of ether oxygens (including phenoxy) is 1. The number of aromatic nitrogens is 1. The molecule has 1 saturated heterocycles. The molecule has 29 heavy (non-hydrogen) atoms. The number of amides is 1. The number of hydrogen-bond donors (Lipinski definition) is 1. The van der Waals surface area contributed by atoms with Gasteiger partial charge >= 0.3 is 0 Å². The Morgan fingerprint density at radius 2 is 2.21 bits per heavy atom. The summed E-state index contributed by atoms with van der Waals surface area (Å²) in [6.07, 6.45) is 1.97. The van der Waals surface area contributed by atoms with Crippen molar-refractivity contribution in [2.75, 3.05) is 25.5 Å². The van der Waals surface area contributed by atoms with Crippen LogP contribution >= 0.6 is 11.3 Å². The lowest BCUT2D eigenvalue weighted by atomic mass is 10.2. The number of nitro groups is 1. The van der Waals surface area contributed by atoms with Crippen LogP contribution in [-0.4, -0.2) is 40.9 Å². The highest BCUT2D eigenvalue weighted by Gasteiger charge is 2.30. The third kappa shape index (κ3) is 4.06. The molecule has 1 amide bonds. The molecule has 8 nitrogen and oxygen atoms in total. The van der Waals surface area contributed by atoms with Gasteiger partial charge in [0.1, 0.15) is 10.8 Å². The molecular weight excluding hydrogens is 392 g/mol. The van der Waals surface area contributed by atoms with Gasteiger partial charge in [-0.15, -0.1) is 11.3 Å². The molecule has 1 aromatic heterocycles. The van der Waals surface area contributed by atoms with Gasteiger partial charge in [0.2, 0.25) is 5.91 Å². The van der Waals surface area contributed by atoms with Crippen molar-refractivity contribution in [3.05, 3.63) is 57.6 Å². The van der Waals surface area contributed by atoms with Gasteiger partial charge in [-0.05, 0) is 37.6 Å². The lowest BCUT2D eigenvalue weighted by Crippen LogP contribution is -2.33. The molecule has 1 N–H and O–H groups in total. The van der Waals surface area contributed by atoms with E-state index in [1.807, 2.05) is 18.2 Å².